The number of anilines is 1. The monoisotopic (exact) mass is 293 g/mol. The molecule has 1 aromatic heterocycles. The van der Waals surface area contributed by atoms with Crippen molar-refractivity contribution in [3.05, 3.63) is 36.0 Å². The van der Waals surface area contributed by atoms with Crippen LogP contribution < -0.4 is 10.2 Å². The Kier molecular flexibility index (Phi) is 2.66. The molecule has 5 rings (SSSR count). The molecule has 0 radical (unpaired) electrons. The van der Waals surface area contributed by atoms with E-state index in [-0.39, 0.29) is 0 Å². The molecule has 0 amide bonds. The van der Waals surface area contributed by atoms with Gasteiger partial charge in [-0.1, -0.05) is 6.07 Å². The second-order valence-corrected chi connectivity index (χ2v) is 5.76. The molecule has 110 valence electrons. The first-order valence-corrected chi connectivity index (χ1v) is 6.98. The summed E-state index contributed by atoms with van der Waals surface area (Å²) in [6.45, 7) is 1.80. The lowest BCUT2D eigenvalue weighted by Crippen LogP contribution is -2.67. The van der Waals surface area contributed by atoms with Gasteiger partial charge in [-0.05, 0) is 24.6 Å². The highest BCUT2D eigenvalue weighted by Gasteiger charge is 2.37. The van der Waals surface area contributed by atoms with Gasteiger partial charge in [0.2, 0.25) is 0 Å². The van der Waals surface area contributed by atoms with E-state index in [0.717, 1.165) is 36.3 Å². The van der Waals surface area contributed by atoms with Gasteiger partial charge in [-0.2, -0.15) is 13.2 Å². The van der Waals surface area contributed by atoms with Gasteiger partial charge in [-0.3, -0.25) is 4.98 Å². The van der Waals surface area contributed by atoms with Crippen molar-refractivity contribution in [2.75, 3.05) is 18.0 Å². The van der Waals surface area contributed by atoms with E-state index in [1.165, 1.54) is 12.5 Å². The first-order valence-electron chi connectivity index (χ1n) is 6.98. The number of halogens is 3. The third-order valence-electron chi connectivity index (χ3n) is 4.31. The summed E-state index contributed by atoms with van der Waals surface area (Å²) < 4.78 is 38.3. The van der Waals surface area contributed by atoms with Crippen molar-refractivity contribution in [2.45, 2.75) is 24.7 Å². The first-order chi connectivity index (χ1) is 10.0. The van der Waals surface area contributed by atoms with Crippen molar-refractivity contribution >= 4 is 16.6 Å². The molecule has 2 bridgehead atoms. The molecule has 2 aromatic rings. The van der Waals surface area contributed by atoms with Gasteiger partial charge < -0.3 is 10.2 Å². The molecule has 3 saturated heterocycles. The topological polar surface area (TPSA) is 28.2 Å². The van der Waals surface area contributed by atoms with Gasteiger partial charge in [0.1, 0.15) is 0 Å². The fraction of sp³-hybridized carbons (Fsp3) is 0.400. The zero-order chi connectivity index (χ0) is 14.6. The van der Waals surface area contributed by atoms with Crippen LogP contribution in [0.1, 0.15) is 12.0 Å². The summed E-state index contributed by atoms with van der Waals surface area (Å²) in [7, 11) is 0. The number of piperidine rings is 1. The summed E-state index contributed by atoms with van der Waals surface area (Å²) in [5.74, 6) is 0. The lowest BCUT2D eigenvalue weighted by Gasteiger charge is -2.49. The molecule has 3 aliphatic rings. The van der Waals surface area contributed by atoms with E-state index in [1.54, 1.807) is 6.20 Å². The van der Waals surface area contributed by atoms with E-state index in [1.807, 2.05) is 6.07 Å². The number of rotatable bonds is 1. The Labute approximate surface area is 119 Å². The number of benzene rings is 1. The van der Waals surface area contributed by atoms with Crippen LogP contribution in [0, 0.1) is 0 Å². The predicted octanol–water partition coefficient (Wildman–Crippen LogP) is 2.80. The number of hydrogen-bond donors (Lipinski definition) is 1. The standard InChI is InChI=1S/C15H14F3N3/c16-15(17,18)9-1-2-12-13(5-9)19-4-3-14(12)21-7-10-6-11(8-21)20-10/h1-5,10-11,20H,6-8H2. The average Bonchev–Trinajstić information content (AvgIpc) is 2.44. The number of fused-ring (bicyclic) bond motifs is 3. The Balaban J connectivity index is 1.76. The second-order valence-electron chi connectivity index (χ2n) is 5.76. The van der Waals surface area contributed by atoms with E-state index in [2.05, 4.69) is 15.2 Å². The van der Waals surface area contributed by atoms with Crippen LogP contribution in [0.15, 0.2) is 30.5 Å². The van der Waals surface area contributed by atoms with Crippen LogP contribution in [0.3, 0.4) is 0 Å². The molecule has 4 heterocycles. The van der Waals surface area contributed by atoms with Crippen molar-refractivity contribution in [3.8, 4) is 0 Å². The van der Waals surface area contributed by atoms with E-state index in [4.69, 9.17) is 0 Å². The van der Waals surface area contributed by atoms with E-state index in [0.29, 0.717) is 17.6 Å². The number of nitrogens with zero attached hydrogens (tertiary/aromatic N) is 2. The van der Waals surface area contributed by atoms with Gasteiger partial charge in [0.15, 0.2) is 0 Å². The molecule has 1 aromatic carbocycles. The molecule has 3 nitrogen and oxygen atoms in total. The zero-order valence-electron chi connectivity index (χ0n) is 11.2. The number of alkyl halides is 3. The van der Waals surface area contributed by atoms with E-state index < -0.39 is 11.7 Å². The minimum absolute atomic E-state index is 0.398. The Morgan fingerprint density at radius 3 is 2.52 bits per heavy atom. The highest BCUT2D eigenvalue weighted by Crippen LogP contribution is 2.35. The summed E-state index contributed by atoms with van der Waals surface area (Å²) in [6.07, 6.45) is -1.55. The SMILES string of the molecule is FC(F)(F)c1ccc2c(N3CC4CC(C3)N4)ccnc2c1. The molecule has 2 atom stereocenters. The van der Waals surface area contributed by atoms with Gasteiger partial charge in [0.25, 0.3) is 0 Å². The number of hydrogen-bond acceptors (Lipinski definition) is 3. The summed E-state index contributed by atoms with van der Waals surface area (Å²) in [5, 5.41) is 4.23. The fourth-order valence-corrected chi connectivity index (χ4v) is 3.30. The van der Waals surface area contributed by atoms with Crippen LogP contribution in [-0.4, -0.2) is 30.2 Å². The average molecular weight is 293 g/mol. The quantitative estimate of drug-likeness (QED) is 0.876. The Bertz CT molecular complexity index is 682. The molecule has 3 fully saturated rings. The molecule has 2 unspecified atom stereocenters. The van der Waals surface area contributed by atoms with Gasteiger partial charge in [-0.15, -0.1) is 0 Å². The van der Waals surface area contributed by atoms with Crippen LogP contribution in [0.5, 0.6) is 0 Å². The van der Waals surface area contributed by atoms with Gasteiger partial charge in [0, 0.05) is 42.4 Å². The third-order valence-corrected chi connectivity index (χ3v) is 4.31. The number of aromatic nitrogens is 1. The Morgan fingerprint density at radius 1 is 1.14 bits per heavy atom. The van der Waals surface area contributed by atoms with Crippen molar-refractivity contribution < 1.29 is 13.2 Å². The van der Waals surface area contributed by atoms with Crippen LogP contribution in [0.4, 0.5) is 18.9 Å². The van der Waals surface area contributed by atoms with Crippen molar-refractivity contribution in [1.82, 2.24) is 10.3 Å². The van der Waals surface area contributed by atoms with Gasteiger partial charge in [-0.25, -0.2) is 0 Å². The molecule has 0 aliphatic carbocycles. The molecule has 21 heavy (non-hydrogen) atoms. The largest absolute Gasteiger partial charge is 0.416 e. The highest BCUT2D eigenvalue weighted by atomic mass is 19.4. The lowest BCUT2D eigenvalue weighted by molar-refractivity contribution is -0.137. The van der Waals surface area contributed by atoms with Crippen LogP contribution in [0.2, 0.25) is 0 Å². The van der Waals surface area contributed by atoms with Crippen LogP contribution in [0.25, 0.3) is 10.9 Å². The number of nitrogens with one attached hydrogen (secondary N) is 1. The zero-order valence-corrected chi connectivity index (χ0v) is 11.2. The summed E-state index contributed by atoms with van der Waals surface area (Å²) >= 11 is 0. The van der Waals surface area contributed by atoms with Gasteiger partial charge in [0.05, 0.1) is 11.1 Å². The second kappa shape index (κ2) is 4.34. The molecular formula is C15H14F3N3. The van der Waals surface area contributed by atoms with E-state index >= 15 is 0 Å². The molecule has 3 aliphatic heterocycles. The maximum Gasteiger partial charge on any atom is 0.416 e. The molecule has 0 spiro atoms. The molecular weight excluding hydrogens is 279 g/mol. The van der Waals surface area contributed by atoms with Crippen LogP contribution in [-0.2, 0) is 6.18 Å². The van der Waals surface area contributed by atoms with Crippen LogP contribution >= 0.6 is 0 Å². The Morgan fingerprint density at radius 2 is 1.86 bits per heavy atom. The Hall–Kier alpha value is -1.82. The third kappa shape index (κ3) is 2.14. The smallest absolute Gasteiger partial charge is 0.368 e. The first kappa shape index (κ1) is 12.9. The number of piperazine rings is 1. The lowest BCUT2D eigenvalue weighted by atomic mass is 9.90. The summed E-state index contributed by atoms with van der Waals surface area (Å²) in [5.41, 5.74) is 0.724. The van der Waals surface area contributed by atoms with Crippen molar-refractivity contribution in [1.29, 1.82) is 0 Å². The van der Waals surface area contributed by atoms with Crippen molar-refractivity contribution in [2.24, 2.45) is 0 Å². The minimum Gasteiger partial charge on any atom is -0.368 e. The molecule has 0 saturated carbocycles. The maximum atomic E-state index is 12.8. The van der Waals surface area contributed by atoms with Crippen molar-refractivity contribution in [3.63, 3.8) is 0 Å². The summed E-state index contributed by atoms with van der Waals surface area (Å²) in [4.78, 5) is 6.34. The minimum atomic E-state index is -4.33. The maximum absolute atomic E-state index is 12.8. The molecule has 6 heteroatoms. The highest BCUT2D eigenvalue weighted by molar-refractivity contribution is 5.92. The van der Waals surface area contributed by atoms with E-state index in [9.17, 15) is 13.2 Å². The number of pyridine rings is 1. The molecule has 1 N–H and O–H groups in total. The van der Waals surface area contributed by atoms with Gasteiger partial charge >= 0.3 is 6.18 Å². The summed E-state index contributed by atoms with van der Waals surface area (Å²) in [6, 6.07) is 6.69. The normalized spacial score (nSPS) is 25.0. The predicted molar refractivity (Wildman–Crippen MR) is 74.3 cm³/mol. The fourth-order valence-electron chi connectivity index (χ4n) is 3.30.